The van der Waals surface area contributed by atoms with Crippen molar-refractivity contribution in [3.8, 4) is 0 Å². The van der Waals surface area contributed by atoms with Crippen LogP contribution < -0.4 is 5.32 Å². The quantitative estimate of drug-likeness (QED) is 0.853. The van der Waals surface area contributed by atoms with Crippen molar-refractivity contribution in [2.45, 2.75) is 25.8 Å². The molecule has 1 fully saturated rings. The van der Waals surface area contributed by atoms with Crippen LogP contribution in [-0.4, -0.2) is 17.7 Å². The predicted octanol–water partition coefficient (Wildman–Crippen LogP) is 2.83. The van der Waals surface area contributed by atoms with Crippen LogP contribution in [0.25, 0.3) is 10.9 Å². The molecule has 0 atom stereocenters. The fourth-order valence-electron chi connectivity index (χ4n) is 2.74. The highest BCUT2D eigenvalue weighted by Gasteiger charge is 2.13. The lowest BCUT2D eigenvalue weighted by molar-refractivity contribution is 0.339. The largest absolute Gasteiger partial charge is 0.339 e. The number of piperidine rings is 1. The van der Waals surface area contributed by atoms with Crippen molar-refractivity contribution in [1.82, 2.24) is 9.88 Å². The Morgan fingerprint density at radius 1 is 1.24 bits per heavy atom. The van der Waals surface area contributed by atoms with Gasteiger partial charge in [0.25, 0.3) is 0 Å². The number of hydrogen-bond acceptors (Lipinski definition) is 1. The predicted molar refractivity (Wildman–Crippen MR) is 71.0 cm³/mol. The number of rotatable bonds is 3. The first kappa shape index (κ1) is 10.8. The van der Waals surface area contributed by atoms with Gasteiger partial charge in [0.2, 0.25) is 0 Å². The highest BCUT2D eigenvalue weighted by Crippen LogP contribution is 2.20. The van der Waals surface area contributed by atoms with E-state index >= 15 is 0 Å². The van der Waals surface area contributed by atoms with Crippen molar-refractivity contribution in [3.05, 3.63) is 36.5 Å². The van der Waals surface area contributed by atoms with Crippen LogP contribution >= 0.6 is 0 Å². The fourth-order valence-corrected chi connectivity index (χ4v) is 2.74. The fraction of sp³-hybridized carbons (Fsp3) is 0.467. The van der Waals surface area contributed by atoms with Crippen molar-refractivity contribution in [3.63, 3.8) is 0 Å². The van der Waals surface area contributed by atoms with Gasteiger partial charge in [0.15, 0.2) is 0 Å². The molecule has 0 aliphatic carbocycles. The summed E-state index contributed by atoms with van der Waals surface area (Å²) in [6, 6.07) is 10.6. The third-order valence-corrected chi connectivity index (χ3v) is 3.82. The summed E-state index contributed by atoms with van der Waals surface area (Å²) < 4.78 is 2.28. The van der Waals surface area contributed by atoms with Crippen molar-refractivity contribution in [1.29, 1.82) is 0 Å². The standard InChI is InChI=1S/C15H19N2/c1-2-4-15-14(3-1)8-12-17(15)11-7-13-5-9-16-10-6-13/h1-4,8,13,16H,5-7,9-11H2. The van der Waals surface area contributed by atoms with Gasteiger partial charge in [0.05, 0.1) is 6.20 Å². The van der Waals surface area contributed by atoms with Crippen LogP contribution in [0.1, 0.15) is 19.3 Å². The average Bonchev–Trinajstić information content (AvgIpc) is 2.81. The second-order valence-corrected chi connectivity index (χ2v) is 4.97. The van der Waals surface area contributed by atoms with Gasteiger partial charge in [-0.25, -0.2) is 0 Å². The molecule has 1 aromatic heterocycles. The van der Waals surface area contributed by atoms with Gasteiger partial charge in [-0.1, -0.05) is 18.2 Å². The van der Waals surface area contributed by atoms with Crippen LogP contribution in [0, 0.1) is 12.1 Å². The maximum atomic E-state index is 3.42. The molecule has 1 aliphatic rings. The van der Waals surface area contributed by atoms with E-state index in [1.165, 1.54) is 43.3 Å². The van der Waals surface area contributed by atoms with Crippen LogP contribution in [0.5, 0.6) is 0 Å². The number of nitrogens with one attached hydrogen (secondary N) is 1. The van der Waals surface area contributed by atoms with E-state index < -0.39 is 0 Å². The molecule has 1 aliphatic heterocycles. The molecule has 1 radical (unpaired) electrons. The smallest absolute Gasteiger partial charge is 0.0659 e. The van der Waals surface area contributed by atoms with Gasteiger partial charge >= 0.3 is 0 Å². The summed E-state index contributed by atoms with van der Waals surface area (Å²) in [5.41, 5.74) is 1.32. The second kappa shape index (κ2) is 4.92. The molecule has 0 bridgehead atoms. The second-order valence-electron chi connectivity index (χ2n) is 4.97. The minimum Gasteiger partial charge on any atom is -0.339 e. The van der Waals surface area contributed by atoms with E-state index in [4.69, 9.17) is 0 Å². The van der Waals surface area contributed by atoms with Gasteiger partial charge in [-0.05, 0) is 50.4 Å². The lowest BCUT2D eigenvalue weighted by Gasteiger charge is -2.22. The number of para-hydroxylation sites is 1. The van der Waals surface area contributed by atoms with E-state index in [-0.39, 0.29) is 0 Å². The average molecular weight is 227 g/mol. The Morgan fingerprint density at radius 3 is 2.94 bits per heavy atom. The van der Waals surface area contributed by atoms with Crippen LogP contribution in [0.3, 0.4) is 0 Å². The Labute approximate surface area is 103 Å². The number of aryl methyl sites for hydroxylation is 1. The van der Waals surface area contributed by atoms with Crippen molar-refractivity contribution in [2.75, 3.05) is 13.1 Å². The molecule has 0 spiro atoms. The summed E-state index contributed by atoms with van der Waals surface area (Å²) in [5.74, 6) is 0.894. The molecular weight excluding hydrogens is 208 g/mol. The molecule has 0 saturated carbocycles. The van der Waals surface area contributed by atoms with Gasteiger partial charge in [0, 0.05) is 17.4 Å². The minimum atomic E-state index is 0.894. The van der Waals surface area contributed by atoms with E-state index in [9.17, 15) is 0 Å². The van der Waals surface area contributed by atoms with Gasteiger partial charge in [-0.3, -0.25) is 0 Å². The van der Waals surface area contributed by atoms with Gasteiger partial charge in [0.1, 0.15) is 0 Å². The third-order valence-electron chi connectivity index (χ3n) is 3.82. The molecular formula is C15H19N2. The first-order valence-corrected chi connectivity index (χ1v) is 6.60. The Balaban J connectivity index is 1.68. The molecule has 2 heteroatoms. The highest BCUT2D eigenvalue weighted by molar-refractivity contribution is 5.79. The number of fused-ring (bicyclic) bond motifs is 1. The Kier molecular flexibility index (Phi) is 3.14. The molecule has 2 aromatic rings. The normalized spacial score (nSPS) is 17.6. The first-order valence-electron chi connectivity index (χ1n) is 6.60. The van der Waals surface area contributed by atoms with Crippen molar-refractivity contribution >= 4 is 10.9 Å². The summed E-state index contributed by atoms with van der Waals surface area (Å²) in [4.78, 5) is 0. The Bertz CT molecular complexity index is 480. The molecule has 89 valence electrons. The van der Waals surface area contributed by atoms with Gasteiger partial charge < -0.3 is 9.88 Å². The van der Waals surface area contributed by atoms with E-state index in [0.29, 0.717) is 0 Å². The molecule has 3 rings (SSSR count). The molecule has 0 unspecified atom stereocenters. The SMILES string of the molecule is [c]1cc2ccccc2n1CCC1CCNCC1. The van der Waals surface area contributed by atoms with Gasteiger partial charge in [-0.2, -0.15) is 0 Å². The number of hydrogen-bond donors (Lipinski definition) is 1. The highest BCUT2D eigenvalue weighted by atomic mass is 15.0. The third kappa shape index (κ3) is 2.37. The molecule has 1 N–H and O–H groups in total. The van der Waals surface area contributed by atoms with E-state index in [1.54, 1.807) is 0 Å². The number of benzene rings is 1. The van der Waals surface area contributed by atoms with Crippen LogP contribution in [0.4, 0.5) is 0 Å². The van der Waals surface area contributed by atoms with Crippen LogP contribution in [0.15, 0.2) is 30.3 Å². The zero-order valence-electron chi connectivity index (χ0n) is 10.2. The summed E-state index contributed by atoms with van der Waals surface area (Å²) in [6.07, 6.45) is 7.31. The molecule has 2 nitrogen and oxygen atoms in total. The Morgan fingerprint density at radius 2 is 2.06 bits per heavy atom. The van der Waals surface area contributed by atoms with Crippen LogP contribution in [0.2, 0.25) is 0 Å². The summed E-state index contributed by atoms with van der Waals surface area (Å²) >= 11 is 0. The first-order chi connectivity index (χ1) is 8.43. The molecule has 17 heavy (non-hydrogen) atoms. The molecule has 2 heterocycles. The maximum Gasteiger partial charge on any atom is 0.0659 e. The lowest BCUT2D eigenvalue weighted by atomic mass is 9.95. The molecule has 1 saturated heterocycles. The number of aromatic nitrogens is 1. The van der Waals surface area contributed by atoms with Crippen LogP contribution in [-0.2, 0) is 6.54 Å². The molecule has 1 aromatic carbocycles. The van der Waals surface area contributed by atoms with E-state index in [0.717, 1.165) is 12.5 Å². The topological polar surface area (TPSA) is 17.0 Å². The minimum absolute atomic E-state index is 0.894. The summed E-state index contributed by atoms with van der Waals surface area (Å²) in [5, 5.41) is 4.73. The van der Waals surface area contributed by atoms with Crippen molar-refractivity contribution < 1.29 is 0 Å². The Hall–Kier alpha value is -1.28. The van der Waals surface area contributed by atoms with E-state index in [1.807, 2.05) is 0 Å². The monoisotopic (exact) mass is 227 g/mol. The summed E-state index contributed by atoms with van der Waals surface area (Å²) in [7, 11) is 0. The lowest BCUT2D eigenvalue weighted by Crippen LogP contribution is -2.28. The zero-order chi connectivity index (χ0) is 11.5. The van der Waals surface area contributed by atoms with Crippen molar-refractivity contribution in [2.24, 2.45) is 5.92 Å². The van der Waals surface area contributed by atoms with E-state index in [2.05, 4.69) is 46.4 Å². The summed E-state index contributed by atoms with van der Waals surface area (Å²) in [6.45, 7) is 3.50. The number of nitrogens with zero attached hydrogens (tertiary/aromatic N) is 1. The van der Waals surface area contributed by atoms with Gasteiger partial charge in [-0.15, -0.1) is 0 Å². The zero-order valence-corrected chi connectivity index (χ0v) is 10.2. The molecule has 0 amide bonds. The maximum absolute atomic E-state index is 3.42.